The fourth-order valence-corrected chi connectivity index (χ4v) is 3.69. The average molecular weight is 311 g/mol. The van der Waals surface area contributed by atoms with Gasteiger partial charge in [0, 0.05) is 11.2 Å². The number of methoxy groups -OCH3 is 1. The van der Waals surface area contributed by atoms with E-state index in [1.54, 1.807) is 0 Å². The van der Waals surface area contributed by atoms with Crippen LogP contribution >= 0.6 is 15.9 Å². The summed E-state index contributed by atoms with van der Waals surface area (Å²) in [7, 11) is 0.149. The second-order valence-corrected chi connectivity index (χ2v) is 8.27. The first-order chi connectivity index (χ1) is 7.23. The van der Waals surface area contributed by atoms with Crippen LogP contribution in [0.1, 0.15) is 20.8 Å². The van der Waals surface area contributed by atoms with E-state index < -0.39 is 15.1 Å². The third kappa shape index (κ3) is 4.97. The van der Waals surface area contributed by atoms with Crippen molar-refractivity contribution in [3.8, 4) is 0 Å². The average Bonchev–Trinajstić information content (AvgIpc) is 2.13. The lowest BCUT2D eigenvalue weighted by Gasteiger charge is -2.35. The molecule has 16 heavy (non-hydrogen) atoms. The molecular weight excluding hydrogens is 288 g/mol. The molecule has 0 aromatic rings. The number of esters is 1. The van der Waals surface area contributed by atoms with Crippen molar-refractivity contribution in [3.05, 3.63) is 0 Å². The van der Waals surface area contributed by atoms with Crippen LogP contribution in [0, 0.1) is 11.3 Å². The van der Waals surface area contributed by atoms with Crippen molar-refractivity contribution in [1.82, 2.24) is 0 Å². The Labute approximate surface area is 109 Å². The fraction of sp³-hybridized carbons (Fsp3) is 0.909. The van der Waals surface area contributed by atoms with Crippen molar-refractivity contribution in [2.75, 3.05) is 12.4 Å². The summed E-state index contributed by atoms with van der Waals surface area (Å²) in [6.45, 7) is 10.5. The van der Waals surface area contributed by atoms with Crippen LogP contribution in [0.2, 0.25) is 13.1 Å². The Bertz CT molecular complexity index is 226. The van der Waals surface area contributed by atoms with Gasteiger partial charge in [-0.15, -0.1) is 0 Å². The Morgan fingerprint density at radius 3 is 2.12 bits per heavy atom. The number of hydrogen-bond acceptors (Lipinski definition) is 3. The van der Waals surface area contributed by atoms with Crippen LogP contribution in [0.15, 0.2) is 0 Å². The molecule has 2 unspecified atom stereocenters. The molecule has 3 nitrogen and oxygen atoms in total. The van der Waals surface area contributed by atoms with E-state index in [1.165, 1.54) is 7.11 Å². The zero-order valence-corrected chi connectivity index (χ0v) is 13.8. The van der Waals surface area contributed by atoms with Gasteiger partial charge in [-0.3, -0.25) is 0 Å². The van der Waals surface area contributed by atoms with Crippen LogP contribution in [-0.2, 0) is 14.0 Å². The third-order valence-electron chi connectivity index (χ3n) is 2.50. The number of alkyl halides is 1. The summed E-state index contributed by atoms with van der Waals surface area (Å²) < 4.78 is 10.6. The maximum Gasteiger partial charge on any atom is 0.334 e. The zero-order chi connectivity index (χ0) is 12.9. The highest BCUT2D eigenvalue weighted by Gasteiger charge is 2.37. The van der Waals surface area contributed by atoms with Gasteiger partial charge in [0.05, 0.1) is 7.11 Å². The van der Waals surface area contributed by atoms with Crippen molar-refractivity contribution in [3.63, 3.8) is 0 Å². The summed E-state index contributed by atoms with van der Waals surface area (Å²) in [4.78, 5) is 11.7. The van der Waals surface area contributed by atoms with E-state index in [4.69, 9.17) is 9.16 Å². The smallest absolute Gasteiger partial charge is 0.334 e. The second-order valence-electron chi connectivity index (χ2n) is 5.26. The Morgan fingerprint density at radius 2 is 1.88 bits per heavy atom. The molecule has 0 radical (unpaired) electrons. The minimum Gasteiger partial charge on any atom is -0.467 e. The molecule has 0 N–H and O–H groups in total. The van der Waals surface area contributed by atoms with Gasteiger partial charge in [-0.1, -0.05) is 36.7 Å². The predicted octanol–water partition coefficient (Wildman–Crippen LogP) is 2.59. The molecule has 2 atom stereocenters. The number of rotatable bonds is 5. The maximum absolute atomic E-state index is 11.7. The normalized spacial score (nSPS) is 16.0. The van der Waals surface area contributed by atoms with E-state index in [9.17, 15) is 4.79 Å². The highest BCUT2D eigenvalue weighted by molar-refractivity contribution is 9.09. The molecule has 0 heterocycles. The summed E-state index contributed by atoms with van der Waals surface area (Å²) in [6.07, 6.45) is -0.448. The molecule has 0 aromatic heterocycles. The molecule has 0 aromatic carbocycles. The van der Waals surface area contributed by atoms with Crippen molar-refractivity contribution < 1.29 is 14.0 Å². The summed E-state index contributed by atoms with van der Waals surface area (Å²) in [5.74, 6) is -0.143. The molecule has 0 aliphatic rings. The molecule has 96 valence electrons. The number of carbonyl (C=O) groups is 1. The highest BCUT2D eigenvalue weighted by Crippen LogP contribution is 2.32. The maximum atomic E-state index is 11.7. The Morgan fingerprint density at radius 1 is 1.38 bits per heavy atom. The summed E-state index contributed by atoms with van der Waals surface area (Å²) in [6, 6.07) is 0. The van der Waals surface area contributed by atoms with Gasteiger partial charge < -0.3 is 9.16 Å². The quantitative estimate of drug-likeness (QED) is 0.445. The van der Waals surface area contributed by atoms with Gasteiger partial charge in [0.1, 0.15) is 6.10 Å². The third-order valence-corrected chi connectivity index (χ3v) is 4.03. The first-order valence-corrected chi connectivity index (χ1v) is 9.43. The Kier molecular flexibility index (Phi) is 6.82. The summed E-state index contributed by atoms with van der Waals surface area (Å²) in [5.41, 5.74) is 0.00560. The molecule has 0 spiro atoms. The molecule has 0 saturated carbocycles. The van der Waals surface area contributed by atoms with E-state index in [-0.39, 0.29) is 17.3 Å². The number of halogens is 1. The van der Waals surface area contributed by atoms with Crippen molar-refractivity contribution >= 4 is 30.9 Å². The van der Waals surface area contributed by atoms with Gasteiger partial charge in [0.25, 0.3) is 0 Å². The van der Waals surface area contributed by atoms with Gasteiger partial charge in [0.2, 0.25) is 0 Å². The van der Waals surface area contributed by atoms with E-state index in [0.717, 1.165) is 5.33 Å². The number of ether oxygens (including phenoxy) is 1. The van der Waals surface area contributed by atoms with E-state index in [1.807, 2.05) is 0 Å². The molecule has 5 heteroatoms. The van der Waals surface area contributed by atoms with Crippen molar-refractivity contribution in [2.45, 2.75) is 40.0 Å². The lowest BCUT2D eigenvalue weighted by Crippen LogP contribution is -2.43. The molecule has 0 aliphatic carbocycles. The van der Waals surface area contributed by atoms with Crippen LogP contribution in [0.4, 0.5) is 0 Å². The topological polar surface area (TPSA) is 35.5 Å². The largest absolute Gasteiger partial charge is 0.467 e. The first-order valence-electron chi connectivity index (χ1n) is 5.53. The standard InChI is InChI=1S/C11H23BrO3Si/c1-11(2,3)8(7-12)9(10(13)14-4)15-16(5)6/h8-9,16H,7H2,1-6H3. The lowest BCUT2D eigenvalue weighted by atomic mass is 9.78. The summed E-state index contributed by atoms with van der Waals surface area (Å²) in [5, 5.41) is 0.734. The van der Waals surface area contributed by atoms with E-state index in [2.05, 4.69) is 49.8 Å². The molecule has 0 saturated heterocycles. The van der Waals surface area contributed by atoms with Crippen LogP contribution in [0.5, 0.6) is 0 Å². The number of hydrogen-bond donors (Lipinski definition) is 0. The molecular formula is C11H23BrO3Si. The van der Waals surface area contributed by atoms with Gasteiger partial charge in [-0.25, -0.2) is 4.79 Å². The summed E-state index contributed by atoms with van der Waals surface area (Å²) >= 11 is 3.47. The minimum atomic E-state index is -1.26. The zero-order valence-electron chi connectivity index (χ0n) is 11.0. The lowest BCUT2D eigenvalue weighted by molar-refractivity contribution is -0.153. The molecule has 0 amide bonds. The SMILES string of the molecule is COC(=O)C(O[SiH](C)C)C(CBr)C(C)(C)C. The van der Waals surface area contributed by atoms with Crippen LogP contribution in [0.25, 0.3) is 0 Å². The highest BCUT2D eigenvalue weighted by atomic mass is 79.9. The van der Waals surface area contributed by atoms with Crippen LogP contribution in [0.3, 0.4) is 0 Å². The van der Waals surface area contributed by atoms with Crippen LogP contribution < -0.4 is 0 Å². The Hall–Kier alpha value is 0.127. The van der Waals surface area contributed by atoms with Gasteiger partial charge >= 0.3 is 5.97 Å². The fourth-order valence-electron chi connectivity index (χ4n) is 1.49. The van der Waals surface area contributed by atoms with E-state index >= 15 is 0 Å². The van der Waals surface area contributed by atoms with Gasteiger partial charge in [-0.05, 0) is 18.5 Å². The molecule has 0 aliphatic heterocycles. The van der Waals surface area contributed by atoms with Crippen molar-refractivity contribution in [2.24, 2.45) is 11.3 Å². The van der Waals surface area contributed by atoms with Crippen LogP contribution in [-0.4, -0.2) is 33.6 Å². The van der Waals surface area contributed by atoms with Gasteiger partial charge in [-0.2, -0.15) is 0 Å². The first kappa shape index (κ1) is 16.1. The van der Waals surface area contributed by atoms with Crippen molar-refractivity contribution in [1.29, 1.82) is 0 Å². The molecule has 0 rings (SSSR count). The molecule has 0 bridgehead atoms. The second kappa shape index (κ2) is 6.76. The Balaban J connectivity index is 4.91. The predicted molar refractivity (Wildman–Crippen MR) is 72.5 cm³/mol. The molecule has 0 fully saturated rings. The van der Waals surface area contributed by atoms with Gasteiger partial charge in [0.15, 0.2) is 9.04 Å². The van der Waals surface area contributed by atoms with E-state index in [0.29, 0.717) is 0 Å². The monoisotopic (exact) mass is 310 g/mol. The number of carbonyl (C=O) groups excluding carboxylic acids is 1. The minimum absolute atomic E-state index is 0.00560.